The number of ether oxygens (including phenoxy) is 1. The molecule has 0 fully saturated rings. The van der Waals surface area contributed by atoms with Gasteiger partial charge in [0.1, 0.15) is 12.1 Å². The Morgan fingerprint density at radius 2 is 2.13 bits per heavy atom. The molecule has 1 rings (SSSR count). The summed E-state index contributed by atoms with van der Waals surface area (Å²) in [4.78, 5) is 11.1. The number of nitrogens with zero attached hydrogens (tertiary/aromatic N) is 1. The van der Waals surface area contributed by atoms with Gasteiger partial charge in [-0.05, 0) is 6.07 Å². The summed E-state index contributed by atoms with van der Waals surface area (Å²) in [5.41, 5.74) is 0.596. The molecule has 0 spiro atoms. The van der Waals surface area contributed by atoms with E-state index >= 15 is 0 Å². The summed E-state index contributed by atoms with van der Waals surface area (Å²) in [6, 6.07) is 3.60. The molecule has 1 aromatic rings. The Bertz CT molecular complexity index is 297. The molecule has 0 aliphatic carbocycles. The molecular formula is C12H20NO2+. The van der Waals surface area contributed by atoms with E-state index in [9.17, 15) is 4.79 Å². The van der Waals surface area contributed by atoms with Gasteiger partial charge in [-0.2, -0.15) is 0 Å². The van der Waals surface area contributed by atoms with Crippen molar-refractivity contribution in [3.63, 3.8) is 0 Å². The first-order valence-electron chi connectivity index (χ1n) is 5.35. The average molecular weight is 210 g/mol. The number of aryl methyl sites for hydroxylation is 1. The Morgan fingerprint density at radius 3 is 2.67 bits per heavy atom. The number of aromatic nitrogens is 1. The van der Waals surface area contributed by atoms with E-state index in [0.717, 1.165) is 13.0 Å². The molecule has 0 amide bonds. The Hall–Kier alpha value is -1.38. The van der Waals surface area contributed by atoms with Gasteiger partial charge in [0.25, 0.3) is 0 Å². The van der Waals surface area contributed by atoms with Crippen LogP contribution in [0, 0.1) is 0 Å². The van der Waals surface area contributed by atoms with Crippen molar-refractivity contribution in [2.75, 3.05) is 7.11 Å². The summed E-state index contributed by atoms with van der Waals surface area (Å²) < 4.78 is 6.60. The van der Waals surface area contributed by atoms with Crippen molar-refractivity contribution in [1.82, 2.24) is 0 Å². The van der Waals surface area contributed by atoms with E-state index in [0.29, 0.717) is 5.56 Å². The highest BCUT2D eigenvalue weighted by atomic mass is 16.5. The molecule has 15 heavy (non-hydrogen) atoms. The zero-order chi connectivity index (χ0) is 11.7. The smallest absolute Gasteiger partial charge is 0.343 e. The Balaban J connectivity index is 0.000000921. The van der Waals surface area contributed by atoms with Crippen molar-refractivity contribution < 1.29 is 14.1 Å². The van der Waals surface area contributed by atoms with Crippen LogP contribution in [-0.4, -0.2) is 13.1 Å². The second-order valence-electron chi connectivity index (χ2n) is 2.82. The summed E-state index contributed by atoms with van der Waals surface area (Å²) in [7, 11) is 1.39. The van der Waals surface area contributed by atoms with E-state index in [2.05, 4.69) is 11.7 Å². The normalized spacial score (nSPS) is 8.80. The standard InChI is InChI=1S/C10H14NO2.C2H6/c1-3-6-11-7-4-5-9(8-11)10(12)13-2;1-2/h4-5,7-8H,3,6H2,1-2H3;1-2H3/q+1;. The topological polar surface area (TPSA) is 30.2 Å². The predicted molar refractivity (Wildman–Crippen MR) is 59.6 cm³/mol. The molecule has 0 unspecified atom stereocenters. The molecule has 0 bridgehead atoms. The van der Waals surface area contributed by atoms with Crippen LogP contribution >= 0.6 is 0 Å². The van der Waals surface area contributed by atoms with Crippen molar-refractivity contribution in [2.45, 2.75) is 33.7 Å². The van der Waals surface area contributed by atoms with Gasteiger partial charge >= 0.3 is 5.97 Å². The number of esters is 1. The van der Waals surface area contributed by atoms with Crippen molar-refractivity contribution >= 4 is 5.97 Å². The fourth-order valence-electron chi connectivity index (χ4n) is 1.16. The van der Waals surface area contributed by atoms with Crippen LogP contribution < -0.4 is 4.57 Å². The minimum Gasteiger partial charge on any atom is -0.465 e. The lowest BCUT2D eigenvalue weighted by Crippen LogP contribution is -2.33. The maximum Gasteiger partial charge on any atom is 0.343 e. The Labute approximate surface area is 91.7 Å². The lowest BCUT2D eigenvalue weighted by molar-refractivity contribution is -0.697. The monoisotopic (exact) mass is 210 g/mol. The van der Waals surface area contributed by atoms with E-state index < -0.39 is 0 Å². The van der Waals surface area contributed by atoms with E-state index in [1.807, 2.05) is 30.7 Å². The van der Waals surface area contributed by atoms with Crippen LogP contribution in [0.5, 0.6) is 0 Å². The highest BCUT2D eigenvalue weighted by Gasteiger charge is 2.09. The van der Waals surface area contributed by atoms with Gasteiger partial charge in [-0.1, -0.05) is 20.8 Å². The summed E-state index contributed by atoms with van der Waals surface area (Å²) in [6.45, 7) is 7.02. The minimum absolute atomic E-state index is 0.287. The largest absolute Gasteiger partial charge is 0.465 e. The zero-order valence-corrected chi connectivity index (χ0v) is 9.99. The molecule has 1 heterocycles. The summed E-state index contributed by atoms with van der Waals surface area (Å²) in [5, 5.41) is 0. The molecule has 3 nitrogen and oxygen atoms in total. The van der Waals surface area contributed by atoms with Gasteiger partial charge < -0.3 is 4.74 Å². The van der Waals surface area contributed by atoms with Crippen molar-refractivity contribution in [3.05, 3.63) is 30.1 Å². The third-order valence-electron chi connectivity index (χ3n) is 1.76. The summed E-state index contributed by atoms with van der Waals surface area (Å²) >= 11 is 0. The second-order valence-corrected chi connectivity index (χ2v) is 2.82. The van der Waals surface area contributed by atoms with Gasteiger partial charge in [-0.3, -0.25) is 0 Å². The fraction of sp³-hybridized carbons (Fsp3) is 0.500. The van der Waals surface area contributed by atoms with E-state index in [4.69, 9.17) is 0 Å². The van der Waals surface area contributed by atoms with E-state index in [1.165, 1.54) is 7.11 Å². The van der Waals surface area contributed by atoms with Gasteiger partial charge in [0, 0.05) is 12.5 Å². The molecule has 0 radical (unpaired) electrons. The van der Waals surface area contributed by atoms with E-state index in [1.54, 1.807) is 12.3 Å². The molecule has 0 saturated heterocycles. The predicted octanol–water partition coefficient (Wildman–Crippen LogP) is 2.20. The van der Waals surface area contributed by atoms with Gasteiger partial charge in [-0.25, -0.2) is 9.36 Å². The molecule has 1 aromatic heterocycles. The average Bonchev–Trinajstić information content (AvgIpc) is 2.31. The number of methoxy groups -OCH3 is 1. The summed E-state index contributed by atoms with van der Waals surface area (Å²) in [6.07, 6.45) is 4.79. The number of hydrogen-bond donors (Lipinski definition) is 0. The molecule has 84 valence electrons. The number of carbonyl (C=O) groups excluding carboxylic acids is 1. The van der Waals surface area contributed by atoms with Crippen molar-refractivity contribution in [3.8, 4) is 0 Å². The molecule has 0 aromatic carbocycles. The van der Waals surface area contributed by atoms with Gasteiger partial charge in [-0.15, -0.1) is 0 Å². The van der Waals surface area contributed by atoms with E-state index in [-0.39, 0.29) is 5.97 Å². The maximum atomic E-state index is 11.1. The van der Waals surface area contributed by atoms with Gasteiger partial charge in [0.15, 0.2) is 12.4 Å². The second kappa shape index (κ2) is 7.97. The lowest BCUT2D eigenvalue weighted by Gasteiger charge is -1.97. The molecular weight excluding hydrogens is 190 g/mol. The SMILES string of the molecule is CC.CCC[n+]1cccc(C(=O)OC)c1. The molecule has 0 saturated carbocycles. The third kappa shape index (κ3) is 4.58. The molecule has 0 aliphatic rings. The Kier molecular flexibility index (Phi) is 7.24. The molecule has 0 N–H and O–H groups in total. The van der Waals surface area contributed by atoms with Crippen LogP contribution in [0.3, 0.4) is 0 Å². The highest BCUT2D eigenvalue weighted by molar-refractivity contribution is 5.88. The first kappa shape index (κ1) is 13.6. The number of pyridine rings is 1. The number of rotatable bonds is 3. The highest BCUT2D eigenvalue weighted by Crippen LogP contribution is 1.96. The lowest BCUT2D eigenvalue weighted by atomic mass is 10.3. The number of carbonyl (C=O) groups is 1. The minimum atomic E-state index is -0.287. The van der Waals surface area contributed by atoms with Crippen LogP contribution in [0.1, 0.15) is 37.6 Å². The quantitative estimate of drug-likeness (QED) is 0.565. The van der Waals surface area contributed by atoms with Crippen molar-refractivity contribution in [2.24, 2.45) is 0 Å². The summed E-state index contributed by atoms with van der Waals surface area (Å²) in [5.74, 6) is -0.287. The Morgan fingerprint density at radius 1 is 1.47 bits per heavy atom. The first-order valence-corrected chi connectivity index (χ1v) is 5.35. The molecule has 0 aliphatic heterocycles. The van der Waals surface area contributed by atoms with Crippen LogP contribution in [0.2, 0.25) is 0 Å². The zero-order valence-electron chi connectivity index (χ0n) is 9.99. The van der Waals surface area contributed by atoms with Gasteiger partial charge in [0.05, 0.1) is 7.11 Å². The maximum absolute atomic E-state index is 11.1. The van der Waals surface area contributed by atoms with Crippen LogP contribution in [0.15, 0.2) is 24.5 Å². The van der Waals surface area contributed by atoms with Crippen LogP contribution in [0.4, 0.5) is 0 Å². The number of hydrogen-bond acceptors (Lipinski definition) is 2. The molecule has 0 atom stereocenters. The third-order valence-corrected chi connectivity index (χ3v) is 1.76. The fourth-order valence-corrected chi connectivity index (χ4v) is 1.16. The van der Waals surface area contributed by atoms with Crippen LogP contribution in [0.25, 0.3) is 0 Å². The van der Waals surface area contributed by atoms with Crippen LogP contribution in [-0.2, 0) is 11.3 Å². The first-order chi connectivity index (χ1) is 7.27. The van der Waals surface area contributed by atoms with Crippen molar-refractivity contribution in [1.29, 1.82) is 0 Å². The van der Waals surface area contributed by atoms with Gasteiger partial charge in [0.2, 0.25) is 0 Å². The molecule has 3 heteroatoms.